The van der Waals surface area contributed by atoms with E-state index in [0.29, 0.717) is 16.5 Å². The predicted octanol–water partition coefficient (Wildman–Crippen LogP) is 1.57. The molecule has 0 saturated carbocycles. The fourth-order valence-electron chi connectivity index (χ4n) is 2.37. The van der Waals surface area contributed by atoms with Crippen molar-refractivity contribution in [1.82, 2.24) is 20.3 Å². The molecule has 1 N–H and O–H groups in total. The van der Waals surface area contributed by atoms with Crippen molar-refractivity contribution in [1.29, 1.82) is 0 Å². The van der Waals surface area contributed by atoms with Crippen LogP contribution in [0, 0.1) is 0 Å². The first-order valence-electron chi connectivity index (χ1n) is 6.52. The molecule has 0 bridgehead atoms. The number of nitrogens with one attached hydrogen (secondary N) is 1. The Morgan fingerprint density at radius 3 is 2.89 bits per heavy atom. The zero-order valence-corrected chi connectivity index (χ0v) is 12.9. The third kappa shape index (κ3) is 3.65. The van der Waals surface area contributed by atoms with Crippen molar-refractivity contribution < 1.29 is 0 Å². The molecule has 1 aromatic heterocycles. The van der Waals surface area contributed by atoms with E-state index in [1.165, 1.54) is 11.5 Å². The second kappa shape index (κ2) is 6.82. The van der Waals surface area contributed by atoms with Gasteiger partial charge in [0, 0.05) is 47.7 Å². The Labute approximate surface area is 118 Å². The Kier molecular flexibility index (Phi) is 5.38. The monoisotopic (exact) mass is 286 g/mol. The number of hydrogen-bond acceptors (Lipinski definition) is 5. The number of aryl methyl sites for hydroxylation is 1. The average molecular weight is 286 g/mol. The Morgan fingerprint density at radius 2 is 2.28 bits per heavy atom. The topological polar surface area (TPSA) is 42.7 Å². The maximum Gasteiger partial charge on any atom is 0.0842 e. The van der Waals surface area contributed by atoms with Gasteiger partial charge in [-0.1, -0.05) is 19.1 Å². The van der Waals surface area contributed by atoms with Crippen LogP contribution in [-0.4, -0.2) is 49.6 Å². The molecule has 0 radical (unpaired) electrons. The minimum Gasteiger partial charge on any atom is -0.313 e. The molecular weight excluding hydrogens is 264 g/mol. The van der Waals surface area contributed by atoms with E-state index in [1.807, 2.05) is 13.2 Å². The van der Waals surface area contributed by atoms with E-state index in [0.717, 1.165) is 18.7 Å². The highest BCUT2D eigenvalue weighted by atomic mass is 32.2. The van der Waals surface area contributed by atoms with Crippen LogP contribution in [0.2, 0.25) is 0 Å². The van der Waals surface area contributed by atoms with Gasteiger partial charge in [0.15, 0.2) is 0 Å². The van der Waals surface area contributed by atoms with Gasteiger partial charge in [0.25, 0.3) is 0 Å². The summed E-state index contributed by atoms with van der Waals surface area (Å²) >= 11 is 4.20. The quantitative estimate of drug-likeness (QED) is 0.890. The summed E-state index contributed by atoms with van der Waals surface area (Å²) in [5, 5.41) is 13.2. The molecule has 102 valence electrons. The SMILES string of the molecule is CCNC(Cc1cn(C)nn1)C1SCCSC1C. The minimum absolute atomic E-state index is 0.500. The smallest absolute Gasteiger partial charge is 0.0842 e. The van der Waals surface area contributed by atoms with Crippen molar-refractivity contribution in [2.75, 3.05) is 18.1 Å². The standard InChI is InChI=1S/C12H22N4S2/c1-4-13-11(7-10-8-16(3)15-14-10)12-9(2)17-5-6-18-12/h8-9,11-13H,4-7H2,1-3H3. The summed E-state index contributed by atoms with van der Waals surface area (Å²) < 4.78 is 1.78. The molecule has 1 aromatic rings. The molecule has 1 aliphatic rings. The van der Waals surface area contributed by atoms with Crippen molar-refractivity contribution in [2.45, 2.75) is 36.8 Å². The largest absolute Gasteiger partial charge is 0.313 e. The molecule has 18 heavy (non-hydrogen) atoms. The van der Waals surface area contributed by atoms with Crippen molar-refractivity contribution in [3.63, 3.8) is 0 Å². The van der Waals surface area contributed by atoms with E-state index in [-0.39, 0.29) is 0 Å². The third-order valence-corrected chi connectivity index (χ3v) is 6.43. The van der Waals surface area contributed by atoms with Crippen LogP contribution >= 0.6 is 23.5 Å². The molecule has 0 amide bonds. The first-order valence-corrected chi connectivity index (χ1v) is 8.62. The summed E-state index contributed by atoms with van der Waals surface area (Å²) in [6.45, 7) is 5.54. The minimum atomic E-state index is 0.500. The van der Waals surface area contributed by atoms with Crippen molar-refractivity contribution in [3.05, 3.63) is 11.9 Å². The molecule has 0 aliphatic carbocycles. The lowest BCUT2D eigenvalue weighted by Crippen LogP contribution is -2.45. The summed E-state index contributed by atoms with van der Waals surface area (Å²) in [6.07, 6.45) is 3.00. The van der Waals surface area contributed by atoms with Crippen LogP contribution in [0.15, 0.2) is 6.20 Å². The van der Waals surface area contributed by atoms with E-state index in [9.17, 15) is 0 Å². The Hall–Kier alpha value is -0.200. The van der Waals surface area contributed by atoms with Gasteiger partial charge in [-0.15, -0.1) is 5.10 Å². The molecule has 0 spiro atoms. The highest BCUT2D eigenvalue weighted by Gasteiger charge is 2.30. The third-order valence-electron chi connectivity index (χ3n) is 3.18. The summed E-state index contributed by atoms with van der Waals surface area (Å²) in [5.74, 6) is 2.55. The van der Waals surface area contributed by atoms with E-state index in [1.54, 1.807) is 4.68 Å². The molecule has 2 heterocycles. The van der Waals surface area contributed by atoms with Crippen LogP contribution in [0.3, 0.4) is 0 Å². The lowest BCUT2D eigenvalue weighted by Gasteiger charge is -2.34. The molecule has 2 rings (SSSR count). The second-order valence-electron chi connectivity index (χ2n) is 4.66. The highest BCUT2D eigenvalue weighted by molar-refractivity contribution is 8.07. The van der Waals surface area contributed by atoms with Crippen LogP contribution in [-0.2, 0) is 13.5 Å². The molecule has 1 aliphatic heterocycles. The summed E-state index contributed by atoms with van der Waals surface area (Å²) in [4.78, 5) is 0. The molecule has 1 fully saturated rings. The first-order chi connectivity index (χ1) is 8.70. The average Bonchev–Trinajstić information content (AvgIpc) is 2.75. The Balaban J connectivity index is 2.02. The van der Waals surface area contributed by atoms with Gasteiger partial charge in [0.2, 0.25) is 0 Å². The van der Waals surface area contributed by atoms with Gasteiger partial charge >= 0.3 is 0 Å². The van der Waals surface area contributed by atoms with Gasteiger partial charge in [0.05, 0.1) is 5.69 Å². The number of nitrogens with zero attached hydrogens (tertiary/aromatic N) is 3. The molecule has 3 unspecified atom stereocenters. The Bertz CT molecular complexity index is 369. The predicted molar refractivity (Wildman–Crippen MR) is 80.3 cm³/mol. The van der Waals surface area contributed by atoms with Crippen LogP contribution in [0.5, 0.6) is 0 Å². The lowest BCUT2D eigenvalue weighted by atomic mass is 10.1. The molecule has 0 aromatic carbocycles. The normalized spacial score (nSPS) is 26.2. The van der Waals surface area contributed by atoms with Gasteiger partial charge in [-0.25, -0.2) is 0 Å². The zero-order chi connectivity index (χ0) is 13.0. The van der Waals surface area contributed by atoms with E-state index in [4.69, 9.17) is 0 Å². The van der Waals surface area contributed by atoms with Gasteiger partial charge in [0.1, 0.15) is 0 Å². The highest BCUT2D eigenvalue weighted by Crippen LogP contribution is 2.33. The zero-order valence-electron chi connectivity index (χ0n) is 11.3. The second-order valence-corrected chi connectivity index (χ2v) is 7.43. The number of rotatable bonds is 5. The first kappa shape index (κ1) is 14.2. The van der Waals surface area contributed by atoms with E-state index < -0.39 is 0 Å². The van der Waals surface area contributed by atoms with Gasteiger partial charge < -0.3 is 5.32 Å². The van der Waals surface area contributed by atoms with Crippen LogP contribution in [0.25, 0.3) is 0 Å². The number of hydrogen-bond donors (Lipinski definition) is 1. The molecular formula is C12H22N4S2. The number of aromatic nitrogens is 3. The van der Waals surface area contributed by atoms with E-state index in [2.05, 4.69) is 53.0 Å². The molecule has 6 heteroatoms. The fourth-order valence-corrected chi connectivity index (χ4v) is 5.33. The van der Waals surface area contributed by atoms with Crippen LogP contribution in [0.1, 0.15) is 19.5 Å². The van der Waals surface area contributed by atoms with Crippen LogP contribution < -0.4 is 5.32 Å². The van der Waals surface area contributed by atoms with Gasteiger partial charge in [-0.05, 0) is 6.54 Å². The lowest BCUT2D eigenvalue weighted by molar-refractivity contribution is 0.496. The molecule has 1 saturated heterocycles. The summed E-state index contributed by atoms with van der Waals surface area (Å²) in [5.41, 5.74) is 1.09. The Morgan fingerprint density at radius 1 is 1.50 bits per heavy atom. The van der Waals surface area contributed by atoms with Crippen molar-refractivity contribution >= 4 is 23.5 Å². The fraction of sp³-hybridized carbons (Fsp3) is 0.833. The van der Waals surface area contributed by atoms with E-state index >= 15 is 0 Å². The molecule has 4 nitrogen and oxygen atoms in total. The summed E-state index contributed by atoms with van der Waals surface area (Å²) in [6, 6.07) is 0.500. The number of likely N-dealkylation sites (N-methyl/N-ethyl adjacent to an activating group) is 1. The van der Waals surface area contributed by atoms with Crippen LogP contribution in [0.4, 0.5) is 0 Å². The van der Waals surface area contributed by atoms with Crippen molar-refractivity contribution in [2.24, 2.45) is 7.05 Å². The molecule has 3 atom stereocenters. The number of thioether (sulfide) groups is 2. The maximum absolute atomic E-state index is 4.21. The summed E-state index contributed by atoms with van der Waals surface area (Å²) in [7, 11) is 1.92. The maximum atomic E-state index is 4.21. The van der Waals surface area contributed by atoms with Gasteiger partial charge in [-0.2, -0.15) is 23.5 Å². The van der Waals surface area contributed by atoms with Crippen molar-refractivity contribution in [3.8, 4) is 0 Å². The van der Waals surface area contributed by atoms with Gasteiger partial charge in [-0.3, -0.25) is 4.68 Å².